The van der Waals surface area contributed by atoms with E-state index in [0.717, 1.165) is 44.0 Å². The van der Waals surface area contributed by atoms with Gasteiger partial charge in [0.15, 0.2) is 5.82 Å². The Hall–Kier alpha value is -2.80. The van der Waals surface area contributed by atoms with Gasteiger partial charge >= 0.3 is 0 Å². The van der Waals surface area contributed by atoms with E-state index in [4.69, 9.17) is 9.26 Å². The molecule has 146 valence electrons. The van der Waals surface area contributed by atoms with E-state index >= 15 is 0 Å². The van der Waals surface area contributed by atoms with Crippen LogP contribution in [-0.4, -0.2) is 45.2 Å². The molecule has 4 rings (SSSR count). The Morgan fingerprint density at radius 3 is 2.89 bits per heavy atom. The Kier molecular flexibility index (Phi) is 5.34. The van der Waals surface area contributed by atoms with Crippen LogP contribution in [0.2, 0.25) is 0 Å². The quantitative estimate of drug-likeness (QED) is 0.671. The SMILES string of the molecule is COc1ccc(CN2CCC[C@@H](c3noc(-c4cnccn4)n3)C2)c(C)c1C. The fraction of sp³-hybridized carbons (Fsp3) is 0.429. The number of ether oxygens (including phenoxy) is 1. The van der Waals surface area contributed by atoms with Gasteiger partial charge in [0.05, 0.1) is 13.3 Å². The summed E-state index contributed by atoms with van der Waals surface area (Å²) in [5.74, 6) is 2.40. The minimum atomic E-state index is 0.266. The number of hydrogen-bond donors (Lipinski definition) is 0. The molecule has 7 nitrogen and oxygen atoms in total. The van der Waals surface area contributed by atoms with Crippen LogP contribution in [0, 0.1) is 13.8 Å². The lowest BCUT2D eigenvalue weighted by molar-refractivity contribution is 0.194. The third kappa shape index (κ3) is 3.75. The zero-order valence-electron chi connectivity index (χ0n) is 16.6. The van der Waals surface area contributed by atoms with E-state index < -0.39 is 0 Å². The molecule has 7 heteroatoms. The summed E-state index contributed by atoms with van der Waals surface area (Å²) in [6.07, 6.45) is 7.08. The van der Waals surface area contributed by atoms with Crippen LogP contribution in [0.5, 0.6) is 5.75 Å². The van der Waals surface area contributed by atoms with Gasteiger partial charge in [0.25, 0.3) is 5.89 Å². The molecule has 0 unspecified atom stereocenters. The highest BCUT2D eigenvalue weighted by Crippen LogP contribution is 2.29. The van der Waals surface area contributed by atoms with E-state index in [1.807, 2.05) is 0 Å². The highest BCUT2D eigenvalue weighted by Gasteiger charge is 2.26. The summed E-state index contributed by atoms with van der Waals surface area (Å²) in [6, 6.07) is 4.23. The van der Waals surface area contributed by atoms with Crippen LogP contribution < -0.4 is 4.74 Å². The van der Waals surface area contributed by atoms with Gasteiger partial charge in [-0.15, -0.1) is 0 Å². The van der Waals surface area contributed by atoms with Crippen LogP contribution in [-0.2, 0) is 6.54 Å². The normalized spacial score (nSPS) is 17.6. The minimum absolute atomic E-state index is 0.266. The van der Waals surface area contributed by atoms with Crippen LogP contribution in [0.25, 0.3) is 11.6 Å². The van der Waals surface area contributed by atoms with Gasteiger partial charge in [-0.3, -0.25) is 9.88 Å². The molecule has 0 saturated carbocycles. The zero-order valence-corrected chi connectivity index (χ0v) is 16.6. The van der Waals surface area contributed by atoms with Crippen molar-refractivity contribution in [2.24, 2.45) is 0 Å². The topological polar surface area (TPSA) is 77.2 Å². The molecule has 1 aliphatic rings. The molecule has 3 heterocycles. The Balaban J connectivity index is 1.47. The van der Waals surface area contributed by atoms with Gasteiger partial charge in [-0.05, 0) is 56.0 Å². The third-order valence-electron chi connectivity index (χ3n) is 5.56. The maximum Gasteiger partial charge on any atom is 0.278 e. The Labute approximate surface area is 164 Å². The fourth-order valence-corrected chi connectivity index (χ4v) is 3.81. The standard InChI is InChI=1S/C21H25N5O2/c1-14-15(2)19(27-3)7-6-16(14)12-26-10-4-5-17(13-26)20-24-21(28-25-20)18-11-22-8-9-23-18/h6-9,11,17H,4-5,10,12-13H2,1-3H3/t17-/m1/s1. The summed E-state index contributed by atoms with van der Waals surface area (Å²) in [7, 11) is 1.72. The molecule has 0 spiro atoms. The van der Waals surface area contributed by atoms with E-state index in [0.29, 0.717) is 11.6 Å². The molecule has 28 heavy (non-hydrogen) atoms. The monoisotopic (exact) mass is 379 g/mol. The van der Waals surface area contributed by atoms with Crippen molar-refractivity contribution in [3.63, 3.8) is 0 Å². The lowest BCUT2D eigenvalue weighted by atomic mass is 9.95. The smallest absolute Gasteiger partial charge is 0.278 e. The van der Waals surface area contributed by atoms with Crippen molar-refractivity contribution in [1.82, 2.24) is 25.0 Å². The first-order valence-electron chi connectivity index (χ1n) is 9.61. The van der Waals surface area contributed by atoms with Gasteiger partial charge in [-0.2, -0.15) is 4.98 Å². The molecule has 0 bridgehead atoms. The first-order chi connectivity index (χ1) is 13.7. The number of piperidine rings is 1. The van der Waals surface area contributed by atoms with Crippen LogP contribution in [0.3, 0.4) is 0 Å². The number of aromatic nitrogens is 4. The zero-order chi connectivity index (χ0) is 19.5. The van der Waals surface area contributed by atoms with Crippen molar-refractivity contribution in [2.75, 3.05) is 20.2 Å². The molecule has 0 aliphatic carbocycles. The Bertz CT molecular complexity index is 941. The molecule has 1 atom stereocenters. The van der Waals surface area contributed by atoms with E-state index in [9.17, 15) is 0 Å². The van der Waals surface area contributed by atoms with E-state index in [1.165, 1.54) is 16.7 Å². The average Bonchev–Trinajstić information content (AvgIpc) is 3.23. The summed E-state index contributed by atoms with van der Waals surface area (Å²) in [4.78, 5) is 15.3. The largest absolute Gasteiger partial charge is 0.496 e. The second-order valence-electron chi connectivity index (χ2n) is 7.30. The van der Waals surface area contributed by atoms with Crippen molar-refractivity contribution in [2.45, 2.75) is 39.2 Å². The van der Waals surface area contributed by atoms with Crippen molar-refractivity contribution in [3.8, 4) is 17.3 Å². The highest BCUT2D eigenvalue weighted by molar-refractivity contribution is 5.44. The fourth-order valence-electron chi connectivity index (χ4n) is 3.81. The van der Waals surface area contributed by atoms with Gasteiger partial charge in [0.2, 0.25) is 0 Å². The number of rotatable bonds is 5. The molecule has 1 saturated heterocycles. The molecule has 3 aromatic rings. The van der Waals surface area contributed by atoms with E-state index in [2.05, 4.69) is 51.0 Å². The Morgan fingerprint density at radius 2 is 2.11 bits per heavy atom. The summed E-state index contributed by atoms with van der Waals surface area (Å²) in [5.41, 5.74) is 4.46. The second-order valence-corrected chi connectivity index (χ2v) is 7.30. The molecule has 1 fully saturated rings. The van der Waals surface area contributed by atoms with Crippen molar-refractivity contribution >= 4 is 0 Å². The van der Waals surface area contributed by atoms with E-state index in [-0.39, 0.29) is 5.92 Å². The molecular weight excluding hydrogens is 354 g/mol. The van der Waals surface area contributed by atoms with Crippen LogP contribution in [0.1, 0.15) is 41.3 Å². The number of benzene rings is 1. The summed E-state index contributed by atoms with van der Waals surface area (Å²) in [6.45, 7) is 7.20. The van der Waals surface area contributed by atoms with Crippen LogP contribution in [0.4, 0.5) is 0 Å². The van der Waals surface area contributed by atoms with Crippen molar-refractivity contribution in [1.29, 1.82) is 0 Å². The molecule has 0 N–H and O–H groups in total. The molecule has 1 aromatic carbocycles. The van der Waals surface area contributed by atoms with Gasteiger partial charge in [0, 0.05) is 31.4 Å². The lowest BCUT2D eigenvalue weighted by Crippen LogP contribution is -2.34. The maximum atomic E-state index is 5.43. The summed E-state index contributed by atoms with van der Waals surface area (Å²) in [5, 5.41) is 4.21. The maximum absolute atomic E-state index is 5.43. The first kappa shape index (κ1) is 18.6. The van der Waals surface area contributed by atoms with Gasteiger partial charge in [0.1, 0.15) is 11.4 Å². The predicted octanol–water partition coefficient (Wildman–Crippen LogP) is 3.53. The second kappa shape index (κ2) is 8.06. The molecule has 2 aromatic heterocycles. The molecular formula is C21H25N5O2. The van der Waals surface area contributed by atoms with Crippen LogP contribution >= 0.6 is 0 Å². The number of likely N-dealkylation sites (tertiary alicyclic amines) is 1. The Morgan fingerprint density at radius 1 is 1.21 bits per heavy atom. The van der Waals surface area contributed by atoms with Gasteiger partial charge in [-0.25, -0.2) is 4.98 Å². The average molecular weight is 379 g/mol. The van der Waals surface area contributed by atoms with E-state index in [1.54, 1.807) is 25.7 Å². The van der Waals surface area contributed by atoms with Crippen molar-refractivity contribution in [3.05, 3.63) is 53.2 Å². The predicted molar refractivity (Wildman–Crippen MR) is 105 cm³/mol. The lowest BCUT2D eigenvalue weighted by Gasteiger charge is -2.31. The van der Waals surface area contributed by atoms with Crippen molar-refractivity contribution < 1.29 is 9.26 Å². The number of methoxy groups -OCH3 is 1. The van der Waals surface area contributed by atoms with Gasteiger partial charge in [-0.1, -0.05) is 11.2 Å². The molecule has 0 amide bonds. The highest BCUT2D eigenvalue weighted by atomic mass is 16.5. The van der Waals surface area contributed by atoms with Gasteiger partial charge < -0.3 is 9.26 Å². The first-order valence-corrected chi connectivity index (χ1v) is 9.61. The minimum Gasteiger partial charge on any atom is -0.496 e. The summed E-state index contributed by atoms with van der Waals surface area (Å²) >= 11 is 0. The van der Waals surface area contributed by atoms with Crippen LogP contribution in [0.15, 0.2) is 35.2 Å². The number of hydrogen-bond acceptors (Lipinski definition) is 7. The summed E-state index contributed by atoms with van der Waals surface area (Å²) < 4.78 is 10.9. The molecule has 1 aliphatic heterocycles. The third-order valence-corrected chi connectivity index (χ3v) is 5.56. The molecule has 0 radical (unpaired) electrons. The number of nitrogens with zero attached hydrogens (tertiary/aromatic N) is 5.